The second-order valence-corrected chi connectivity index (χ2v) is 7.99. The molecule has 136 valence electrons. The molecule has 0 aliphatic carbocycles. The molecule has 1 atom stereocenters. The number of hydrogen-bond acceptors (Lipinski definition) is 5. The van der Waals surface area contributed by atoms with Crippen LogP contribution >= 0.6 is 0 Å². The molecule has 0 saturated heterocycles. The number of carbonyl (C=O) groups is 1. The van der Waals surface area contributed by atoms with E-state index in [1.165, 1.54) is 0 Å². The highest BCUT2D eigenvalue weighted by molar-refractivity contribution is 6.62. The summed E-state index contributed by atoms with van der Waals surface area (Å²) in [6.45, 7) is 9.02. The van der Waals surface area contributed by atoms with Gasteiger partial charge in [0.2, 0.25) is 0 Å². The Balaban J connectivity index is 2.71. The van der Waals surface area contributed by atoms with Crippen molar-refractivity contribution in [2.24, 2.45) is 0 Å². The van der Waals surface area contributed by atoms with Crippen molar-refractivity contribution < 1.29 is 22.8 Å². The van der Waals surface area contributed by atoms with Gasteiger partial charge in [-0.05, 0) is 39.2 Å². The summed E-state index contributed by atoms with van der Waals surface area (Å²) in [4.78, 5) is 12.3. The van der Waals surface area contributed by atoms with Crippen LogP contribution in [0.15, 0.2) is 30.3 Å². The zero-order chi connectivity index (χ0) is 17.8. The number of hydrogen-bond donors (Lipinski definition) is 0. The topological polar surface area (TPSA) is 54.0 Å². The predicted molar refractivity (Wildman–Crippen MR) is 95.6 cm³/mol. The van der Waals surface area contributed by atoms with Crippen molar-refractivity contribution >= 4 is 14.8 Å². The Morgan fingerprint density at radius 3 is 1.96 bits per heavy atom. The van der Waals surface area contributed by atoms with Gasteiger partial charge in [0.15, 0.2) is 5.73 Å². The van der Waals surface area contributed by atoms with Gasteiger partial charge in [-0.15, -0.1) is 0 Å². The van der Waals surface area contributed by atoms with Crippen molar-refractivity contribution in [2.75, 3.05) is 19.8 Å². The molecule has 0 spiro atoms. The van der Waals surface area contributed by atoms with Gasteiger partial charge in [-0.25, -0.2) is 0 Å². The zero-order valence-electron chi connectivity index (χ0n) is 15.2. The van der Waals surface area contributed by atoms with Gasteiger partial charge >= 0.3 is 14.8 Å². The van der Waals surface area contributed by atoms with Crippen LogP contribution in [0.1, 0.15) is 46.1 Å². The van der Waals surface area contributed by atoms with Crippen LogP contribution in [0, 0.1) is 0 Å². The van der Waals surface area contributed by atoms with E-state index in [2.05, 4.69) is 0 Å². The molecule has 0 radical (unpaired) electrons. The minimum atomic E-state index is -3.04. The summed E-state index contributed by atoms with van der Waals surface area (Å²) < 4.78 is 23.2. The number of carbonyl (C=O) groups excluding carboxylic acids is 1. The van der Waals surface area contributed by atoms with Crippen LogP contribution in [0.25, 0.3) is 0 Å². The van der Waals surface area contributed by atoms with E-state index in [0.717, 1.165) is 5.56 Å². The van der Waals surface area contributed by atoms with Crippen molar-refractivity contribution in [1.29, 1.82) is 0 Å². The first-order chi connectivity index (χ1) is 11.6. The quantitative estimate of drug-likeness (QED) is 0.424. The minimum absolute atomic E-state index is 0.248. The lowest BCUT2D eigenvalue weighted by Gasteiger charge is -2.34. The maximum atomic E-state index is 12.3. The lowest BCUT2D eigenvalue weighted by atomic mass is 10.1. The van der Waals surface area contributed by atoms with Crippen LogP contribution in [0.3, 0.4) is 0 Å². The molecule has 1 aromatic carbocycles. The van der Waals surface area contributed by atoms with E-state index in [-0.39, 0.29) is 5.97 Å². The maximum Gasteiger partial charge on any atom is 0.544 e. The highest BCUT2D eigenvalue weighted by atomic mass is 28.4. The fourth-order valence-electron chi connectivity index (χ4n) is 2.52. The van der Waals surface area contributed by atoms with Gasteiger partial charge in [-0.1, -0.05) is 37.3 Å². The van der Waals surface area contributed by atoms with Gasteiger partial charge in [0.05, 0.1) is 0 Å². The number of esters is 1. The van der Waals surface area contributed by atoms with Crippen LogP contribution in [0.2, 0.25) is 0 Å². The summed E-state index contributed by atoms with van der Waals surface area (Å²) in [5, 5.41) is 0. The van der Waals surface area contributed by atoms with Crippen LogP contribution in [0.5, 0.6) is 0 Å². The third-order valence-corrected chi connectivity index (χ3v) is 6.92. The van der Waals surface area contributed by atoms with E-state index in [9.17, 15) is 4.79 Å². The SMILES string of the molecule is CCO[Si](OCC)(OCC)C(CC)OC(=O)CCc1ccccc1. The fraction of sp³-hybridized carbons (Fsp3) is 0.611. The molecule has 0 fully saturated rings. The van der Waals surface area contributed by atoms with Crippen molar-refractivity contribution in [3.8, 4) is 0 Å². The molecule has 6 heteroatoms. The summed E-state index contributed by atoms with van der Waals surface area (Å²) in [7, 11) is -3.04. The Hall–Kier alpha value is -1.21. The van der Waals surface area contributed by atoms with Gasteiger partial charge in [-0.2, -0.15) is 0 Å². The average Bonchev–Trinajstić information content (AvgIpc) is 2.59. The molecule has 0 aliphatic heterocycles. The van der Waals surface area contributed by atoms with E-state index < -0.39 is 14.5 Å². The molecule has 0 aliphatic rings. The molecule has 1 aromatic rings. The lowest BCUT2D eigenvalue weighted by Crippen LogP contribution is -2.58. The molecule has 0 aromatic heterocycles. The van der Waals surface area contributed by atoms with Crippen molar-refractivity contribution in [1.82, 2.24) is 0 Å². The molecule has 1 rings (SSSR count). The Morgan fingerprint density at radius 2 is 1.50 bits per heavy atom. The Kier molecular flexibility index (Phi) is 9.86. The maximum absolute atomic E-state index is 12.3. The highest BCUT2D eigenvalue weighted by Crippen LogP contribution is 2.21. The summed E-state index contributed by atoms with van der Waals surface area (Å²) in [5.41, 5.74) is 0.644. The van der Waals surface area contributed by atoms with Crippen LogP contribution < -0.4 is 0 Å². The van der Waals surface area contributed by atoms with E-state index in [1.54, 1.807) is 0 Å². The van der Waals surface area contributed by atoms with Crippen molar-refractivity contribution in [2.45, 2.75) is 52.7 Å². The largest absolute Gasteiger partial charge is 0.544 e. The number of benzene rings is 1. The van der Waals surface area contributed by atoms with E-state index >= 15 is 0 Å². The molecule has 0 saturated carbocycles. The van der Waals surface area contributed by atoms with Gasteiger partial charge in [0.1, 0.15) is 0 Å². The van der Waals surface area contributed by atoms with Crippen LogP contribution in [-0.4, -0.2) is 40.3 Å². The summed E-state index contributed by atoms with van der Waals surface area (Å²) in [6.07, 6.45) is 1.58. The third kappa shape index (κ3) is 6.35. The fourth-order valence-corrected chi connectivity index (χ4v) is 5.31. The number of aryl methyl sites for hydroxylation is 1. The smallest absolute Gasteiger partial charge is 0.458 e. The molecular weight excluding hydrogens is 324 g/mol. The van der Waals surface area contributed by atoms with Gasteiger partial charge < -0.3 is 18.0 Å². The standard InChI is InChI=1S/C18H30O5Si/c1-5-18(24(20-6-2,21-7-3)22-8-4)23-17(19)15-14-16-12-10-9-11-13-16/h9-13,18H,5-8,14-15H2,1-4H3. The van der Waals surface area contributed by atoms with Gasteiger partial charge in [0, 0.05) is 26.2 Å². The van der Waals surface area contributed by atoms with Gasteiger partial charge in [0.25, 0.3) is 0 Å². The number of ether oxygens (including phenoxy) is 1. The van der Waals surface area contributed by atoms with E-state index in [0.29, 0.717) is 39.1 Å². The van der Waals surface area contributed by atoms with Gasteiger partial charge in [-0.3, -0.25) is 4.79 Å². The Bertz CT molecular complexity index is 449. The van der Waals surface area contributed by atoms with Crippen molar-refractivity contribution in [3.63, 3.8) is 0 Å². The Labute approximate surface area is 146 Å². The second kappa shape index (κ2) is 11.4. The molecule has 0 bridgehead atoms. The normalized spacial score (nSPS) is 12.8. The molecule has 1 unspecified atom stereocenters. The van der Waals surface area contributed by atoms with Crippen molar-refractivity contribution in [3.05, 3.63) is 35.9 Å². The third-order valence-electron chi connectivity index (χ3n) is 3.54. The Morgan fingerprint density at radius 1 is 0.958 bits per heavy atom. The van der Waals surface area contributed by atoms with Crippen LogP contribution in [0.4, 0.5) is 0 Å². The molecule has 24 heavy (non-hydrogen) atoms. The van der Waals surface area contributed by atoms with E-state index in [4.69, 9.17) is 18.0 Å². The summed E-state index contributed by atoms with van der Waals surface area (Å²) in [5.74, 6) is -0.248. The zero-order valence-corrected chi connectivity index (χ0v) is 16.2. The summed E-state index contributed by atoms with van der Waals surface area (Å²) in [6, 6.07) is 9.90. The van der Waals surface area contributed by atoms with E-state index in [1.807, 2.05) is 58.0 Å². The highest BCUT2D eigenvalue weighted by Gasteiger charge is 2.51. The molecule has 5 nitrogen and oxygen atoms in total. The number of rotatable bonds is 12. The molecule has 0 amide bonds. The first-order valence-corrected chi connectivity index (χ1v) is 10.6. The first-order valence-electron chi connectivity index (χ1n) is 8.77. The average molecular weight is 355 g/mol. The lowest BCUT2D eigenvalue weighted by molar-refractivity contribution is -0.149. The molecular formula is C18H30O5Si. The second-order valence-electron chi connectivity index (χ2n) is 5.27. The monoisotopic (exact) mass is 354 g/mol. The first kappa shape index (κ1) is 20.8. The van der Waals surface area contributed by atoms with Crippen LogP contribution in [-0.2, 0) is 29.2 Å². The predicted octanol–water partition coefficient (Wildman–Crippen LogP) is 3.53. The molecule has 0 heterocycles. The summed E-state index contributed by atoms with van der Waals surface area (Å²) >= 11 is 0. The molecule has 0 N–H and O–H groups in total. The minimum Gasteiger partial charge on any atom is -0.458 e.